The number of morpholine rings is 2. The van der Waals surface area contributed by atoms with Crippen molar-refractivity contribution < 1.29 is 9.47 Å². The maximum absolute atomic E-state index is 5.56. The highest BCUT2D eigenvalue weighted by Crippen LogP contribution is 2.34. The maximum atomic E-state index is 5.56. The van der Waals surface area contributed by atoms with Crippen molar-refractivity contribution in [2.45, 2.75) is 18.9 Å². The normalized spacial score (nSPS) is 28.0. The second-order valence-corrected chi connectivity index (χ2v) is 8.31. The molecule has 0 bridgehead atoms. The fourth-order valence-corrected chi connectivity index (χ4v) is 5.30. The third-order valence-corrected chi connectivity index (χ3v) is 6.70. The molecule has 3 rings (SSSR count). The van der Waals surface area contributed by atoms with E-state index in [1.807, 2.05) is 0 Å². The van der Waals surface area contributed by atoms with Crippen LogP contribution >= 0.6 is 35.7 Å². The van der Waals surface area contributed by atoms with Crippen LogP contribution in [0, 0.1) is 0 Å². The van der Waals surface area contributed by atoms with Gasteiger partial charge in [-0.25, -0.2) is 0 Å². The minimum Gasteiger partial charge on any atom is -0.379 e. The summed E-state index contributed by atoms with van der Waals surface area (Å²) in [6, 6.07) is 0. The number of aliphatic imine (C=N–C) groups is 1. The first-order valence-electron chi connectivity index (χ1n) is 10.1. The van der Waals surface area contributed by atoms with E-state index in [1.165, 1.54) is 17.9 Å². The first kappa shape index (κ1) is 23.5. The first-order chi connectivity index (χ1) is 12.8. The lowest BCUT2D eigenvalue weighted by Crippen LogP contribution is -2.56. The standard InChI is InChI=1S/C18H35N5O2S.HI/c1-2-19-17(20-4-5-22-6-10-24-11-7-22)21-15-18(3-14-26-16-18)23-8-12-25-13-9-23;/h2-16H2,1H3,(H2,19,20,21);1H. The quantitative estimate of drug-likeness (QED) is 0.295. The summed E-state index contributed by atoms with van der Waals surface area (Å²) in [7, 11) is 0. The molecule has 27 heavy (non-hydrogen) atoms. The molecule has 0 aromatic heterocycles. The number of rotatable bonds is 7. The van der Waals surface area contributed by atoms with Crippen LogP contribution in [0.15, 0.2) is 4.99 Å². The molecular formula is C18H36IN5O2S. The van der Waals surface area contributed by atoms with Gasteiger partial charge < -0.3 is 20.1 Å². The maximum Gasteiger partial charge on any atom is 0.191 e. The summed E-state index contributed by atoms with van der Waals surface area (Å²) < 4.78 is 11.0. The van der Waals surface area contributed by atoms with Gasteiger partial charge in [-0.2, -0.15) is 11.8 Å². The SMILES string of the molecule is CCNC(=NCC1(N2CCOCC2)CCSC1)NCCN1CCOCC1.I. The Morgan fingerprint density at radius 1 is 1.07 bits per heavy atom. The molecule has 158 valence electrons. The fraction of sp³-hybridized carbons (Fsp3) is 0.944. The molecular weight excluding hydrogens is 477 g/mol. The summed E-state index contributed by atoms with van der Waals surface area (Å²) in [5.41, 5.74) is 0.209. The van der Waals surface area contributed by atoms with E-state index in [9.17, 15) is 0 Å². The first-order valence-corrected chi connectivity index (χ1v) is 11.2. The van der Waals surface area contributed by atoms with Crippen LogP contribution in [0.25, 0.3) is 0 Å². The van der Waals surface area contributed by atoms with Gasteiger partial charge in [0.15, 0.2) is 5.96 Å². The van der Waals surface area contributed by atoms with E-state index in [4.69, 9.17) is 14.5 Å². The monoisotopic (exact) mass is 513 g/mol. The number of nitrogens with one attached hydrogen (secondary N) is 2. The highest BCUT2D eigenvalue weighted by atomic mass is 127. The van der Waals surface area contributed by atoms with Crippen molar-refractivity contribution in [3.63, 3.8) is 0 Å². The predicted octanol–water partition coefficient (Wildman–Crippen LogP) is 0.700. The average molecular weight is 513 g/mol. The number of nitrogens with zero attached hydrogens (tertiary/aromatic N) is 3. The molecule has 7 nitrogen and oxygen atoms in total. The molecule has 2 N–H and O–H groups in total. The Labute approximate surface area is 185 Å². The molecule has 0 amide bonds. The largest absolute Gasteiger partial charge is 0.379 e. The zero-order chi connectivity index (χ0) is 18.1. The Morgan fingerprint density at radius 3 is 2.41 bits per heavy atom. The lowest BCUT2D eigenvalue weighted by Gasteiger charge is -2.42. The summed E-state index contributed by atoms with van der Waals surface area (Å²) in [5, 5.41) is 6.93. The molecule has 3 saturated heterocycles. The zero-order valence-electron chi connectivity index (χ0n) is 16.6. The molecule has 1 atom stereocenters. The van der Waals surface area contributed by atoms with E-state index in [1.54, 1.807) is 0 Å². The van der Waals surface area contributed by atoms with Gasteiger partial charge in [0.2, 0.25) is 0 Å². The highest BCUT2D eigenvalue weighted by molar-refractivity contribution is 14.0. The van der Waals surface area contributed by atoms with Gasteiger partial charge in [-0.15, -0.1) is 24.0 Å². The summed E-state index contributed by atoms with van der Waals surface area (Å²) in [4.78, 5) is 10.1. The number of ether oxygens (including phenoxy) is 2. The summed E-state index contributed by atoms with van der Waals surface area (Å²) in [6.07, 6.45) is 1.23. The Hall–Kier alpha value is 0.190. The Balaban J connectivity index is 0.00000261. The second kappa shape index (κ2) is 12.7. The smallest absolute Gasteiger partial charge is 0.191 e. The van der Waals surface area contributed by atoms with Crippen molar-refractivity contribution in [3.05, 3.63) is 0 Å². The highest BCUT2D eigenvalue weighted by Gasteiger charge is 2.40. The minimum absolute atomic E-state index is 0. The lowest BCUT2D eigenvalue weighted by molar-refractivity contribution is -0.0104. The second-order valence-electron chi connectivity index (χ2n) is 7.20. The van der Waals surface area contributed by atoms with Crippen molar-refractivity contribution in [3.8, 4) is 0 Å². The van der Waals surface area contributed by atoms with E-state index in [0.29, 0.717) is 0 Å². The van der Waals surface area contributed by atoms with Crippen LogP contribution in [0.2, 0.25) is 0 Å². The van der Waals surface area contributed by atoms with Gasteiger partial charge in [0.05, 0.1) is 38.5 Å². The zero-order valence-corrected chi connectivity index (χ0v) is 19.7. The van der Waals surface area contributed by atoms with Crippen LogP contribution in [0.4, 0.5) is 0 Å². The van der Waals surface area contributed by atoms with E-state index in [-0.39, 0.29) is 29.5 Å². The van der Waals surface area contributed by atoms with Gasteiger partial charge >= 0.3 is 0 Å². The molecule has 0 aromatic rings. The topological polar surface area (TPSA) is 61.4 Å². The Kier molecular flexibility index (Phi) is 11.0. The molecule has 0 aliphatic carbocycles. The van der Waals surface area contributed by atoms with Crippen LogP contribution in [0.3, 0.4) is 0 Å². The van der Waals surface area contributed by atoms with Crippen LogP contribution in [0.1, 0.15) is 13.3 Å². The van der Waals surface area contributed by atoms with Crippen LogP contribution in [-0.2, 0) is 9.47 Å². The van der Waals surface area contributed by atoms with Gasteiger partial charge in [-0.05, 0) is 19.1 Å². The number of hydrogen-bond acceptors (Lipinski definition) is 6. The van der Waals surface area contributed by atoms with Crippen molar-refractivity contribution in [1.29, 1.82) is 0 Å². The van der Waals surface area contributed by atoms with Gasteiger partial charge in [-0.3, -0.25) is 14.8 Å². The van der Waals surface area contributed by atoms with E-state index in [2.05, 4.69) is 39.1 Å². The molecule has 3 fully saturated rings. The van der Waals surface area contributed by atoms with Crippen LogP contribution in [0.5, 0.6) is 0 Å². The number of thioether (sulfide) groups is 1. The third-order valence-electron chi connectivity index (χ3n) is 5.46. The number of halogens is 1. The number of hydrogen-bond donors (Lipinski definition) is 2. The van der Waals surface area contributed by atoms with Gasteiger partial charge in [0, 0.05) is 51.6 Å². The number of guanidine groups is 1. The Bertz CT molecular complexity index is 439. The van der Waals surface area contributed by atoms with Crippen molar-refractivity contribution >= 4 is 41.7 Å². The molecule has 0 radical (unpaired) electrons. The predicted molar refractivity (Wildman–Crippen MR) is 124 cm³/mol. The fourth-order valence-electron chi connectivity index (χ4n) is 3.83. The van der Waals surface area contributed by atoms with Crippen LogP contribution < -0.4 is 10.6 Å². The van der Waals surface area contributed by atoms with Crippen molar-refractivity contribution in [2.75, 3.05) is 90.3 Å². The molecule has 0 aromatic carbocycles. The molecule has 0 spiro atoms. The molecule has 3 aliphatic rings. The van der Waals surface area contributed by atoms with Crippen LogP contribution in [-0.4, -0.2) is 112 Å². The molecule has 3 heterocycles. The van der Waals surface area contributed by atoms with Crippen molar-refractivity contribution in [1.82, 2.24) is 20.4 Å². The molecule has 0 saturated carbocycles. The lowest BCUT2D eigenvalue weighted by atomic mass is 9.96. The third kappa shape index (κ3) is 7.18. The Morgan fingerprint density at radius 2 is 1.78 bits per heavy atom. The van der Waals surface area contributed by atoms with Gasteiger partial charge in [0.25, 0.3) is 0 Å². The van der Waals surface area contributed by atoms with Gasteiger partial charge in [0.1, 0.15) is 0 Å². The van der Waals surface area contributed by atoms with Gasteiger partial charge in [-0.1, -0.05) is 0 Å². The summed E-state index contributed by atoms with van der Waals surface area (Å²) in [6.45, 7) is 13.4. The average Bonchev–Trinajstić information content (AvgIpc) is 3.18. The molecule has 1 unspecified atom stereocenters. The summed E-state index contributed by atoms with van der Waals surface area (Å²) in [5.74, 6) is 3.38. The minimum atomic E-state index is 0. The van der Waals surface area contributed by atoms with E-state index < -0.39 is 0 Å². The van der Waals surface area contributed by atoms with E-state index in [0.717, 1.165) is 84.7 Å². The molecule has 9 heteroatoms. The van der Waals surface area contributed by atoms with Crippen molar-refractivity contribution in [2.24, 2.45) is 4.99 Å². The summed E-state index contributed by atoms with van der Waals surface area (Å²) >= 11 is 2.07. The van der Waals surface area contributed by atoms with E-state index >= 15 is 0 Å². The molecule has 3 aliphatic heterocycles.